The van der Waals surface area contributed by atoms with Gasteiger partial charge in [-0.3, -0.25) is 9.78 Å². The van der Waals surface area contributed by atoms with E-state index in [0.717, 1.165) is 37.2 Å². The quantitative estimate of drug-likeness (QED) is 0.821. The van der Waals surface area contributed by atoms with Crippen molar-refractivity contribution in [2.45, 2.75) is 32.6 Å². The average Bonchev–Trinajstić information content (AvgIpc) is 2.21. The Morgan fingerprint density at radius 2 is 2.35 bits per heavy atom. The first kappa shape index (κ1) is 11.9. The van der Waals surface area contributed by atoms with Crippen LogP contribution in [0.2, 0.25) is 0 Å². The van der Waals surface area contributed by atoms with E-state index in [1.54, 1.807) is 6.20 Å². The molecule has 0 bridgehead atoms. The molecule has 0 spiro atoms. The molecule has 0 saturated heterocycles. The van der Waals surface area contributed by atoms with E-state index >= 15 is 0 Å². The second-order valence-electron chi connectivity index (χ2n) is 4.96. The van der Waals surface area contributed by atoms with Crippen LogP contribution < -0.4 is 5.32 Å². The molecule has 4 heteroatoms. The fraction of sp³-hybridized carbons (Fsp3) is 0.538. The number of aliphatic carboxylic acids is 1. The van der Waals surface area contributed by atoms with E-state index in [1.807, 2.05) is 19.1 Å². The van der Waals surface area contributed by atoms with Gasteiger partial charge in [0.25, 0.3) is 0 Å². The molecule has 0 radical (unpaired) electrons. The third-order valence-corrected chi connectivity index (χ3v) is 3.50. The van der Waals surface area contributed by atoms with Gasteiger partial charge in [-0.05, 0) is 37.3 Å². The lowest BCUT2D eigenvalue weighted by Gasteiger charge is -2.41. The number of nitrogens with one attached hydrogen (secondary N) is 1. The van der Waals surface area contributed by atoms with E-state index in [0.29, 0.717) is 0 Å². The lowest BCUT2D eigenvalue weighted by Crippen LogP contribution is -2.38. The number of carboxylic acid groups (broad SMARTS) is 1. The minimum absolute atomic E-state index is 0.0387. The Bertz CT molecular complexity index is 414. The van der Waals surface area contributed by atoms with Crippen LogP contribution in [0, 0.1) is 12.3 Å². The monoisotopic (exact) mass is 234 g/mol. The number of rotatable bonds is 5. The maximum atomic E-state index is 10.8. The first-order valence-corrected chi connectivity index (χ1v) is 5.98. The number of aryl methyl sites for hydroxylation is 1. The number of anilines is 1. The van der Waals surface area contributed by atoms with Crippen molar-refractivity contribution in [3.05, 3.63) is 24.0 Å². The molecule has 0 amide bonds. The summed E-state index contributed by atoms with van der Waals surface area (Å²) in [5, 5.41) is 12.2. The number of hydrogen-bond acceptors (Lipinski definition) is 3. The van der Waals surface area contributed by atoms with E-state index in [1.165, 1.54) is 0 Å². The van der Waals surface area contributed by atoms with Crippen molar-refractivity contribution >= 4 is 11.7 Å². The minimum Gasteiger partial charge on any atom is -0.481 e. The average molecular weight is 234 g/mol. The van der Waals surface area contributed by atoms with Gasteiger partial charge in [0.15, 0.2) is 0 Å². The summed E-state index contributed by atoms with van der Waals surface area (Å²) in [5.41, 5.74) is 1.95. The predicted octanol–water partition coefficient (Wildman–Crippen LogP) is 2.45. The lowest BCUT2D eigenvalue weighted by molar-refractivity contribution is -0.141. The highest BCUT2D eigenvalue weighted by Crippen LogP contribution is 2.43. The van der Waals surface area contributed by atoms with Gasteiger partial charge in [0.05, 0.1) is 6.42 Å². The summed E-state index contributed by atoms with van der Waals surface area (Å²) < 4.78 is 0. The van der Waals surface area contributed by atoms with Gasteiger partial charge in [-0.1, -0.05) is 6.42 Å². The van der Waals surface area contributed by atoms with Crippen molar-refractivity contribution < 1.29 is 9.90 Å². The highest BCUT2D eigenvalue weighted by atomic mass is 16.4. The van der Waals surface area contributed by atoms with Crippen molar-refractivity contribution in [1.82, 2.24) is 4.98 Å². The molecule has 17 heavy (non-hydrogen) atoms. The van der Waals surface area contributed by atoms with E-state index in [4.69, 9.17) is 5.11 Å². The third-order valence-electron chi connectivity index (χ3n) is 3.50. The zero-order chi connectivity index (χ0) is 12.3. The summed E-state index contributed by atoms with van der Waals surface area (Å²) in [7, 11) is 0. The van der Waals surface area contributed by atoms with E-state index in [2.05, 4.69) is 10.3 Å². The van der Waals surface area contributed by atoms with Crippen LogP contribution in [-0.2, 0) is 4.79 Å². The van der Waals surface area contributed by atoms with Crippen LogP contribution in [0.1, 0.15) is 31.4 Å². The van der Waals surface area contributed by atoms with Gasteiger partial charge < -0.3 is 10.4 Å². The van der Waals surface area contributed by atoms with Crippen molar-refractivity contribution in [3.8, 4) is 0 Å². The molecular formula is C13H18N2O2. The number of hydrogen-bond donors (Lipinski definition) is 2. The molecule has 4 nitrogen and oxygen atoms in total. The second-order valence-corrected chi connectivity index (χ2v) is 4.96. The second kappa shape index (κ2) is 4.73. The molecule has 92 valence electrons. The van der Waals surface area contributed by atoms with E-state index < -0.39 is 5.97 Å². The molecule has 0 aliphatic heterocycles. The summed E-state index contributed by atoms with van der Waals surface area (Å²) >= 11 is 0. The Morgan fingerprint density at radius 1 is 1.59 bits per heavy atom. The first-order chi connectivity index (χ1) is 8.10. The Labute approximate surface area is 101 Å². The SMILES string of the molecule is Cc1cc(NCC2(CC(=O)O)CCC2)ccn1. The Balaban J connectivity index is 1.94. The molecule has 1 fully saturated rings. The number of carboxylic acids is 1. The molecular weight excluding hydrogens is 216 g/mol. The Kier molecular flexibility index (Phi) is 3.31. The van der Waals surface area contributed by atoms with Crippen LogP contribution in [0.25, 0.3) is 0 Å². The van der Waals surface area contributed by atoms with Crippen LogP contribution in [0.3, 0.4) is 0 Å². The summed E-state index contributed by atoms with van der Waals surface area (Å²) in [5.74, 6) is -0.697. The normalized spacial score (nSPS) is 17.2. The maximum Gasteiger partial charge on any atom is 0.303 e. The molecule has 1 aliphatic carbocycles. The molecule has 1 heterocycles. The largest absolute Gasteiger partial charge is 0.481 e. The number of carbonyl (C=O) groups is 1. The number of pyridine rings is 1. The van der Waals surface area contributed by atoms with Gasteiger partial charge in [0, 0.05) is 24.1 Å². The fourth-order valence-corrected chi connectivity index (χ4v) is 2.36. The zero-order valence-electron chi connectivity index (χ0n) is 10.1. The number of aromatic nitrogens is 1. The molecule has 0 atom stereocenters. The smallest absolute Gasteiger partial charge is 0.303 e. The fourth-order valence-electron chi connectivity index (χ4n) is 2.36. The van der Waals surface area contributed by atoms with Crippen LogP contribution in [0.5, 0.6) is 0 Å². The summed E-state index contributed by atoms with van der Waals surface area (Å²) in [6.07, 6.45) is 5.20. The molecule has 0 unspecified atom stereocenters. The summed E-state index contributed by atoms with van der Waals surface area (Å²) in [4.78, 5) is 15.0. The highest BCUT2D eigenvalue weighted by Gasteiger charge is 2.38. The molecule has 2 N–H and O–H groups in total. The molecule has 1 aromatic rings. The molecule has 1 saturated carbocycles. The summed E-state index contributed by atoms with van der Waals surface area (Å²) in [6.45, 7) is 2.68. The predicted molar refractivity (Wildman–Crippen MR) is 66.0 cm³/mol. The van der Waals surface area contributed by atoms with Crippen molar-refractivity contribution in [3.63, 3.8) is 0 Å². The van der Waals surface area contributed by atoms with Crippen molar-refractivity contribution in [1.29, 1.82) is 0 Å². The molecule has 2 rings (SSSR count). The minimum atomic E-state index is -0.697. The molecule has 1 aromatic heterocycles. The van der Waals surface area contributed by atoms with Crippen LogP contribution in [0.4, 0.5) is 5.69 Å². The van der Waals surface area contributed by atoms with Crippen LogP contribution >= 0.6 is 0 Å². The van der Waals surface area contributed by atoms with E-state index in [-0.39, 0.29) is 11.8 Å². The van der Waals surface area contributed by atoms with Crippen molar-refractivity contribution in [2.24, 2.45) is 5.41 Å². The van der Waals surface area contributed by atoms with Gasteiger partial charge in [-0.2, -0.15) is 0 Å². The van der Waals surface area contributed by atoms with Crippen molar-refractivity contribution in [2.75, 3.05) is 11.9 Å². The standard InChI is InChI=1S/C13H18N2O2/c1-10-7-11(3-6-14-10)15-9-13(4-2-5-13)8-12(16)17/h3,6-7H,2,4-5,8-9H2,1H3,(H,14,15)(H,16,17). The third kappa shape index (κ3) is 2.96. The van der Waals surface area contributed by atoms with Gasteiger partial charge in [-0.15, -0.1) is 0 Å². The zero-order valence-corrected chi connectivity index (χ0v) is 10.1. The lowest BCUT2D eigenvalue weighted by atomic mass is 9.66. The Hall–Kier alpha value is -1.58. The first-order valence-electron chi connectivity index (χ1n) is 5.98. The maximum absolute atomic E-state index is 10.8. The number of nitrogens with zero attached hydrogens (tertiary/aromatic N) is 1. The summed E-state index contributed by atoms with van der Waals surface area (Å²) in [6, 6.07) is 3.90. The van der Waals surface area contributed by atoms with Crippen LogP contribution in [0.15, 0.2) is 18.3 Å². The Morgan fingerprint density at radius 3 is 2.88 bits per heavy atom. The van der Waals surface area contributed by atoms with Gasteiger partial charge >= 0.3 is 5.97 Å². The molecule has 0 aromatic carbocycles. The van der Waals surface area contributed by atoms with Crippen LogP contribution in [-0.4, -0.2) is 22.6 Å². The van der Waals surface area contributed by atoms with Gasteiger partial charge in [0.2, 0.25) is 0 Å². The molecule has 1 aliphatic rings. The van der Waals surface area contributed by atoms with Gasteiger partial charge in [-0.25, -0.2) is 0 Å². The topological polar surface area (TPSA) is 62.2 Å². The van der Waals surface area contributed by atoms with Gasteiger partial charge in [0.1, 0.15) is 0 Å². The highest BCUT2D eigenvalue weighted by molar-refractivity contribution is 5.68. The van der Waals surface area contributed by atoms with E-state index in [9.17, 15) is 4.79 Å².